The van der Waals surface area contributed by atoms with E-state index in [2.05, 4.69) is 17.1 Å². The van der Waals surface area contributed by atoms with Crippen LogP contribution in [0.25, 0.3) is 0 Å². The maximum atomic E-state index is 5.69. The van der Waals surface area contributed by atoms with E-state index in [1.165, 1.54) is 109 Å². The summed E-state index contributed by atoms with van der Waals surface area (Å²) in [4.78, 5) is 3.05. The van der Waals surface area contributed by atoms with Crippen molar-refractivity contribution >= 4 is 0 Å². The Morgan fingerprint density at radius 3 is 1.29 bits per heavy atom. The average Bonchev–Trinajstić information content (AvgIpc) is 2.85. The Kier molecular flexibility index (Phi) is 9.34. The molecule has 0 heterocycles. The van der Waals surface area contributed by atoms with Crippen molar-refractivity contribution in [3.63, 3.8) is 0 Å². The number of methoxy groups -OCH3 is 2. The summed E-state index contributed by atoms with van der Waals surface area (Å²) >= 11 is 0. The molecule has 0 aliphatic heterocycles. The van der Waals surface area contributed by atoms with Gasteiger partial charge in [0, 0.05) is 32.3 Å². The molecule has 0 spiro atoms. The van der Waals surface area contributed by atoms with E-state index in [4.69, 9.17) is 9.47 Å². The standard InChI is InChI=1S/C28H49NO2/c1-30-27-18-14-25(15-19-27)29(26-16-20-28(31-2)21-17-26)24-12-10-23(11-13-24)9-8-22-6-4-3-5-7-22/h8-9,22-28H,3-7,10-21H2,1-2H3. The summed E-state index contributed by atoms with van der Waals surface area (Å²) in [5.74, 6) is 1.73. The molecule has 4 saturated carbocycles. The molecular weight excluding hydrogens is 382 g/mol. The van der Waals surface area contributed by atoms with Crippen LogP contribution in [0.5, 0.6) is 0 Å². The van der Waals surface area contributed by atoms with Crippen molar-refractivity contribution in [3.05, 3.63) is 12.2 Å². The predicted octanol–water partition coefficient (Wildman–Crippen LogP) is 6.90. The maximum Gasteiger partial charge on any atom is 0.0572 e. The summed E-state index contributed by atoms with van der Waals surface area (Å²) < 4.78 is 11.4. The van der Waals surface area contributed by atoms with Crippen LogP contribution in [0.3, 0.4) is 0 Å². The molecule has 0 radical (unpaired) electrons. The van der Waals surface area contributed by atoms with Crippen molar-refractivity contribution in [1.29, 1.82) is 0 Å². The lowest BCUT2D eigenvalue weighted by molar-refractivity contribution is -0.0290. The smallest absolute Gasteiger partial charge is 0.0572 e. The first-order valence-corrected chi connectivity index (χ1v) is 13.8. The average molecular weight is 432 g/mol. The summed E-state index contributed by atoms with van der Waals surface area (Å²) in [6, 6.07) is 2.39. The topological polar surface area (TPSA) is 21.7 Å². The van der Waals surface area contributed by atoms with Crippen LogP contribution in [-0.4, -0.2) is 49.5 Å². The van der Waals surface area contributed by atoms with Gasteiger partial charge in [0.05, 0.1) is 12.2 Å². The zero-order chi connectivity index (χ0) is 21.5. The van der Waals surface area contributed by atoms with E-state index in [-0.39, 0.29) is 0 Å². The van der Waals surface area contributed by atoms with Gasteiger partial charge in [-0.15, -0.1) is 0 Å². The third kappa shape index (κ3) is 6.58. The minimum Gasteiger partial charge on any atom is -0.381 e. The molecule has 4 rings (SSSR count). The molecule has 0 aromatic carbocycles. The molecule has 0 saturated heterocycles. The van der Waals surface area contributed by atoms with Crippen molar-refractivity contribution in [1.82, 2.24) is 4.90 Å². The number of allylic oxidation sites excluding steroid dienone is 2. The molecule has 0 aromatic rings. The number of ether oxygens (including phenoxy) is 2. The van der Waals surface area contributed by atoms with Crippen LogP contribution in [0.2, 0.25) is 0 Å². The van der Waals surface area contributed by atoms with Gasteiger partial charge in [-0.3, -0.25) is 4.90 Å². The van der Waals surface area contributed by atoms with Crippen LogP contribution in [0.15, 0.2) is 12.2 Å². The van der Waals surface area contributed by atoms with Gasteiger partial charge in [-0.2, -0.15) is 0 Å². The summed E-state index contributed by atoms with van der Waals surface area (Å²) in [6.07, 6.45) is 29.5. The van der Waals surface area contributed by atoms with Gasteiger partial charge in [0.1, 0.15) is 0 Å². The molecule has 0 N–H and O–H groups in total. The summed E-state index contributed by atoms with van der Waals surface area (Å²) in [6.45, 7) is 0. The van der Waals surface area contributed by atoms with Gasteiger partial charge in [0.2, 0.25) is 0 Å². The molecule has 3 heteroatoms. The molecule has 0 bridgehead atoms. The van der Waals surface area contributed by atoms with Crippen molar-refractivity contribution in [2.45, 2.75) is 139 Å². The highest BCUT2D eigenvalue weighted by Crippen LogP contribution is 2.38. The largest absolute Gasteiger partial charge is 0.381 e. The molecule has 4 fully saturated rings. The zero-order valence-corrected chi connectivity index (χ0v) is 20.5. The van der Waals surface area contributed by atoms with E-state index < -0.39 is 0 Å². The highest BCUT2D eigenvalue weighted by atomic mass is 16.5. The number of rotatable bonds is 7. The Bertz CT molecular complexity index is 495. The van der Waals surface area contributed by atoms with Gasteiger partial charge < -0.3 is 9.47 Å². The SMILES string of the molecule is COC1CCC(N(C2CCC(C=CC3CCCCC3)CC2)C2CCC(OC)CC2)CC1. The lowest BCUT2D eigenvalue weighted by atomic mass is 9.79. The first-order valence-electron chi connectivity index (χ1n) is 13.8. The van der Waals surface area contributed by atoms with Gasteiger partial charge in [-0.25, -0.2) is 0 Å². The second kappa shape index (κ2) is 12.2. The fourth-order valence-corrected chi connectivity index (χ4v) is 7.29. The zero-order valence-electron chi connectivity index (χ0n) is 20.5. The fourth-order valence-electron chi connectivity index (χ4n) is 7.29. The molecule has 0 aromatic heterocycles. The Hall–Kier alpha value is -0.380. The van der Waals surface area contributed by atoms with E-state index in [0.29, 0.717) is 12.2 Å². The summed E-state index contributed by atoms with van der Waals surface area (Å²) in [7, 11) is 3.80. The normalized spacial score (nSPS) is 38.7. The first kappa shape index (κ1) is 23.8. The predicted molar refractivity (Wildman–Crippen MR) is 129 cm³/mol. The van der Waals surface area contributed by atoms with Gasteiger partial charge >= 0.3 is 0 Å². The number of nitrogens with zero attached hydrogens (tertiary/aromatic N) is 1. The van der Waals surface area contributed by atoms with Crippen LogP contribution in [-0.2, 0) is 9.47 Å². The monoisotopic (exact) mass is 431 g/mol. The Balaban J connectivity index is 1.33. The van der Waals surface area contributed by atoms with Gasteiger partial charge in [-0.05, 0) is 102 Å². The second-order valence-corrected chi connectivity index (χ2v) is 11.1. The molecule has 4 aliphatic carbocycles. The third-order valence-electron chi connectivity index (χ3n) is 9.27. The van der Waals surface area contributed by atoms with Gasteiger partial charge in [0.15, 0.2) is 0 Å². The quantitative estimate of drug-likeness (QED) is 0.409. The Labute approximate surface area is 192 Å². The van der Waals surface area contributed by atoms with E-state index in [0.717, 1.165) is 30.0 Å². The molecule has 0 unspecified atom stereocenters. The van der Waals surface area contributed by atoms with E-state index in [9.17, 15) is 0 Å². The van der Waals surface area contributed by atoms with Crippen LogP contribution < -0.4 is 0 Å². The molecule has 31 heavy (non-hydrogen) atoms. The van der Waals surface area contributed by atoms with Crippen molar-refractivity contribution < 1.29 is 9.47 Å². The Morgan fingerprint density at radius 1 is 0.484 bits per heavy atom. The van der Waals surface area contributed by atoms with Gasteiger partial charge in [0.25, 0.3) is 0 Å². The third-order valence-corrected chi connectivity index (χ3v) is 9.27. The second-order valence-electron chi connectivity index (χ2n) is 11.1. The van der Waals surface area contributed by atoms with Crippen molar-refractivity contribution in [3.8, 4) is 0 Å². The molecule has 0 atom stereocenters. The van der Waals surface area contributed by atoms with Crippen LogP contribution in [0.4, 0.5) is 0 Å². The van der Waals surface area contributed by atoms with E-state index in [1.54, 1.807) is 0 Å². The fraction of sp³-hybridized carbons (Fsp3) is 0.929. The van der Waals surface area contributed by atoms with E-state index in [1.807, 2.05) is 14.2 Å². The highest BCUT2D eigenvalue weighted by molar-refractivity contribution is 4.98. The van der Waals surface area contributed by atoms with Crippen LogP contribution in [0, 0.1) is 11.8 Å². The maximum absolute atomic E-state index is 5.69. The van der Waals surface area contributed by atoms with Gasteiger partial charge in [-0.1, -0.05) is 31.4 Å². The molecule has 0 amide bonds. The molecule has 4 aliphatic rings. The molecule has 3 nitrogen and oxygen atoms in total. The lowest BCUT2D eigenvalue weighted by Gasteiger charge is -2.49. The minimum atomic E-state index is 0.503. The van der Waals surface area contributed by atoms with E-state index >= 15 is 0 Å². The highest BCUT2D eigenvalue weighted by Gasteiger charge is 2.38. The summed E-state index contributed by atoms with van der Waals surface area (Å²) in [5.41, 5.74) is 0. The number of hydrogen-bond donors (Lipinski definition) is 0. The molecular formula is C28H49NO2. The first-order chi connectivity index (χ1) is 15.3. The summed E-state index contributed by atoms with van der Waals surface area (Å²) in [5, 5.41) is 0. The minimum absolute atomic E-state index is 0.503. The Morgan fingerprint density at radius 2 is 0.871 bits per heavy atom. The lowest BCUT2D eigenvalue weighted by Crippen LogP contribution is -2.53. The van der Waals surface area contributed by atoms with Crippen molar-refractivity contribution in [2.24, 2.45) is 11.8 Å². The van der Waals surface area contributed by atoms with Crippen LogP contribution in [0.1, 0.15) is 109 Å². The van der Waals surface area contributed by atoms with Crippen LogP contribution >= 0.6 is 0 Å². The molecule has 178 valence electrons. The number of hydrogen-bond acceptors (Lipinski definition) is 3. The van der Waals surface area contributed by atoms with Crippen molar-refractivity contribution in [2.75, 3.05) is 14.2 Å².